The van der Waals surface area contributed by atoms with Crippen molar-refractivity contribution in [3.05, 3.63) is 53.1 Å². The van der Waals surface area contributed by atoms with Crippen LogP contribution in [0.25, 0.3) is 0 Å². The van der Waals surface area contributed by atoms with Crippen LogP contribution in [0.4, 0.5) is 8.78 Å². The third-order valence-corrected chi connectivity index (χ3v) is 4.30. The molecule has 0 aliphatic heterocycles. The van der Waals surface area contributed by atoms with Crippen molar-refractivity contribution < 1.29 is 13.5 Å². The van der Waals surface area contributed by atoms with Gasteiger partial charge in [-0.15, -0.1) is 0 Å². The molecule has 24 heavy (non-hydrogen) atoms. The maximum Gasteiger partial charge on any atom is 0.185 e. The van der Waals surface area contributed by atoms with Gasteiger partial charge in [0.1, 0.15) is 23.3 Å². The largest absolute Gasteiger partial charge is 0.489 e. The minimum absolute atomic E-state index is 0.120. The van der Waals surface area contributed by atoms with Crippen LogP contribution < -0.4 is 4.74 Å². The first-order chi connectivity index (χ1) is 11.6. The van der Waals surface area contributed by atoms with E-state index >= 15 is 0 Å². The smallest absolute Gasteiger partial charge is 0.185 e. The average molecular weight is 344 g/mol. The molecule has 0 fully saturated rings. The zero-order chi connectivity index (χ0) is 17.5. The summed E-state index contributed by atoms with van der Waals surface area (Å²) < 4.78 is 34.7. The van der Waals surface area contributed by atoms with E-state index in [1.807, 2.05) is 6.92 Å². The molecule has 0 aromatic heterocycles. The molecule has 0 aliphatic carbocycles. The number of rotatable bonds is 6. The van der Waals surface area contributed by atoms with Gasteiger partial charge in [0.05, 0.1) is 11.5 Å². The topological polar surface area (TPSA) is 56.8 Å². The maximum absolute atomic E-state index is 14.7. The lowest BCUT2D eigenvalue weighted by Gasteiger charge is -2.15. The van der Waals surface area contributed by atoms with Crippen molar-refractivity contribution in [2.24, 2.45) is 0 Å². The molecular formula is C18H14F2N2OS. The van der Waals surface area contributed by atoms with E-state index in [1.54, 1.807) is 42.5 Å². The summed E-state index contributed by atoms with van der Waals surface area (Å²) in [6.45, 7) is 2.14. The molecule has 2 aromatic carbocycles. The average Bonchev–Trinajstić information content (AvgIpc) is 2.61. The molecule has 0 spiro atoms. The van der Waals surface area contributed by atoms with Crippen LogP contribution in [0.2, 0.25) is 0 Å². The van der Waals surface area contributed by atoms with Crippen molar-refractivity contribution in [3.63, 3.8) is 0 Å². The lowest BCUT2D eigenvalue weighted by atomic mass is 10.1. The summed E-state index contributed by atoms with van der Waals surface area (Å²) in [7, 11) is 0. The molecule has 2 aromatic rings. The first-order valence-electron chi connectivity index (χ1n) is 7.34. The summed E-state index contributed by atoms with van der Waals surface area (Å²) in [4.78, 5) is 0.551. The van der Waals surface area contributed by atoms with Crippen molar-refractivity contribution in [1.82, 2.24) is 0 Å². The van der Waals surface area contributed by atoms with E-state index < -0.39 is 22.8 Å². The van der Waals surface area contributed by atoms with Gasteiger partial charge in [0, 0.05) is 4.90 Å². The van der Waals surface area contributed by atoms with Crippen LogP contribution in [0.15, 0.2) is 40.1 Å². The Labute approximate surface area is 143 Å². The molecule has 0 bridgehead atoms. The van der Waals surface area contributed by atoms with Gasteiger partial charge < -0.3 is 4.74 Å². The SMILES string of the molecule is CCCCOc1c(F)c(C#N)c(C#N)c(F)c1Sc1ccccc1. The number of ether oxygens (including phenoxy) is 1. The molecular weight excluding hydrogens is 330 g/mol. The van der Waals surface area contributed by atoms with Gasteiger partial charge in [0.15, 0.2) is 17.4 Å². The summed E-state index contributed by atoms with van der Waals surface area (Å²) in [5, 5.41) is 18.2. The van der Waals surface area contributed by atoms with Crippen LogP contribution >= 0.6 is 11.8 Å². The molecule has 0 amide bonds. The van der Waals surface area contributed by atoms with E-state index in [0.29, 0.717) is 11.3 Å². The number of nitrogens with zero attached hydrogens (tertiary/aromatic N) is 2. The molecule has 122 valence electrons. The van der Waals surface area contributed by atoms with E-state index in [-0.39, 0.29) is 17.3 Å². The Kier molecular flexibility index (Phi) is 6.17. The normalized spacial score (nSPS) is 10.0. The summed E-state index contributed by atoms with van der Waals surface area (Å²) in [5.41, 5.74) is -1.23. The van der Waals surface area contributed by atoms with Crippen LogP contribution in [0.1, 0.15) is 30.9 Å². The van der Waals surface area contributed by atoms with Crippen molar-refractivity contribution in [1.29, 1.82) is 10.5 Å². The number of halogens is 2. The number of hydrogen-bond acceptors (Lipinski definition) is 4. The molecule has 0 radical (unpaired) electrons. The highest BCUT2D eigenvalue weighted by molar-refractivity contribution is 7.99. The van der Waals surface area contributed by atoms with E-state index in [4.69, 9.17) is 15.3 Å². The van der Waals surface area contributed by atoms with Gasteiger partial charge in [-0.25, -0.2) is 8.78 Å². The number of unbranched alkanes of at least 4 members (excludes halogenated alkanes) is 1. The standard InChI is InChI=1S/C18H14F2N2OS/c1-2-3-9-23-17-15(19)13(10-21)14(11-22)16(20)18(17)24-12-7-5-4-6-8-12/h4-8H,2-3,9H2,1H3. The molecule has 0 N–H and O–H groups in total. The molecule has 6 heteroatoms. The van der Waals surface area contributed by atoms with E-state index in [1.165, 1.54) is 0 Å². The first-order valence-corrected chi connectivity index (χ1v) is 8.16. The monoisotopic (exact) mass is 344 g/mol. The van der Waals surface area contributed by atoms with Crippen molar-refractivity contribution in [2.45, 2.75) is 29.6 Å². The maximum atomic E-state index is 14.7. The highest BCUT2D eigenvalue weighted by Gasteiger charge is 2.26. The lowest BCUT2D eigenvalue weighted by Crippen LogP contribution is -2.06. The van der Waals surface area contributed by atoms with E-state index in [0.717, 1.165) is 18.2 Å². The molecule has 0 atom stereocenters. The third-order valence-electron chi connectivity index (χ3n) is 3.22. The van der Waals surface area contributed by atoms with Crippen molar-refractivity contribution in [3.8, 4) is 17.9 Å². The van der Waals surface area contributed by atoms with Crippen LogP contribution in [-0.4, -0.2) is 6.61 Å². The molecule has 2 rings (SSSR count). The van der Waals surface area contributed by atoms with Crippen LogP contribution in [0, 0.1) is 34.3 Å². The van der Waals surface area contributed by atoms with Crippen LogP contribution in [0.5, 0.6) is 5.75 Å². The highest BCUT2D eigenvalue weighted by Crippen LogP contribution is 2.41. The van der Waals surface area contributed by atoms with Gasteiger partial charge in [-0.1, -0.05) is 43.3 Å². The minimum atomic E-state index is -0.995. The fourth-order valence-electron chi connectivity index (χ4n) is 2.00. The molecule has 0 saturated carbocycles. The lowest BCUT2D eigenvalue weighted by molar-refractivity contribution is 0.283. The summed E-state index contributed by atoms with van der Waals surface area (Å²) >= 11 is 0.961. The molecule has 0 unspecified atom stereocenters. The van der Waals surface area contributed by atoms with Crippen molar-refractivity contribution in [2.75, 3.05) is 6.61 Å². The quantitative estimate of drug-likeness (QED) is 0.689. The Morgan fingerprint density at radius 1 is 1.04 bits per heavy atom. The highest BCUT2D eigenvalue weighted by atomic mass is 32.2. The fourth-order valence-corrected chi connectivity index (χ4v) is 2.96. The van der Waals surface area contributed by atoms with Crippen LogP contribution in [-0.2, 0) is 0 Å². The first kappa shape index (κ1) is 17.8. The Hall–Kier alpha value is -2.57. The minimum Gasteiger partial charge on any atom is -0.489 e. The number of hydrogen-bond donors (Lipinski definition) is 0. The number of nitriles is 2. The Morgan fingerprint density at radius 2 is 1.67 bits per heavy atom. The van der Waals surface area contributed by atoms with Gasteiger partial charge >= 0.3 is 0 Å². The number of benzene rings is 2. The zero-order valence-electron chi connectivity index (χ0n) is 13.0. The van der Waals surface area contributed by atoms with Gasteiger partial charge in [-0.3, -0.25) is 0 Å². The second-order valence-corrected chi connectivity index (χ2v) is 5.96. The predicted octanol–water partition coefficient (Wildman–Crippen LogP) is 5.04. The fraction of sp³-hybridized carbons (Fsp3) is 0.222. The van der Waals surface area contributed by atoms with Crippen molar-refractivity contribution >= 4 is 11.8 Å². The summed E-state index contributed by atoms with van der Waals surface area (Å²) in [6, 6.07) is 11.9. The van der Waals surface area contributed by atoms with Gasteiger partial charge in [-0.05, 0) is 18.6 Å². The Balaban J connectivity index is 2.59. The predicted molar refractivity (Wildman–Crippen MR) is 86.8 cm³/mol. The molecule has 0 aliphatic rings. The zero-order valence-corrected chi connectivity index (χ0v) is 13.8. The van der Waals surface area contributed by atoms with Gasteiger partial charge in [-0.2, -0.15) is 10.5 Å². The van der Waals surface area contributed by atoms with E-state index in [9.17, 15) is 8.78 Å². The molecule has 0 saturated heterocycles. The second-order valence-electron chi connectivity index (χ2n) is 4.88. The molecule has 3 nitrogen and oxygen atoms in total. The Morgan fingerprint density at radius 3 is 2.25 bits per heavy atom. The second kappa shape index (κ2) is 8.33. The van der Waals surface area contributed by atoms with Crippen LogP contribution in [0.3, 0.4) is 0 Å². The summed E-state index contributed by atoms with van der Waals surface area (Å²) in [6.07, 6.45) is 1.49. The Bertz CT molecular complexity index is 811. The van der Waals surface area contributed by atoms with Gasteiger partial charge in [0.25, 0.3) is 0 Å². The van der Waals surface area contributed by atoms with Gasteiger partial charge in [0.2, 0.25) is 0 Å². The summed E-state index contributed by atoms with van der Waals surface area (Å²) in [5.74, 6) is -2.24. The van der Waals surface area contributed by atoms with E-state index in [2.05, 4.69) is 0 Å². The molecule has 0 heterocycles. The third kappa shape index (κ3) is 3.67.